The number of allylic oxidation sites excluding steroid dienone is 3. The van der Waals surface area contributed by atoms with Crippen LogP contribution in [0.2, 0.25) is 0 Å². The smallest absolute Gasteiger partial charge is 0.396 e. The highest BCUT2D eigenvalue weighted by Gasteiger charge is 2.32. The number of rotatable bonds is 1. The van der Waals surface area contributed by atoms with E-state index in [1.165, 1.54) is 6.08 Å². The summed E-state index contributed by atoms with van der Waals surface area (Å²) in [6.45, 7) is -0.0991. The summed E-state index contributed by atoms with van der Waals surface area (Å²) < 4.78 is 36.0. The van der Waals surface area contributed by atoms with E-state index in [0.29, 0.717) is 0 Å². The monoisotopic (exact) mass is 178 g/mol. The zero-order chi connectivity index (χ0) is 9.19. The molecule has 0 unspecified atom stereocenters. The van der Waals surface area contributed by atoms with Crippen LogP contribution in [0.15, 0.2) is 23.8 Å². The maximum absolute atomic E-state index is 12.0. The van der Waals surface area contributed by atoms with E-state index in [2.05, 4.69) is 0 Å². The predicted octanol–water partition coefficient (Wildman–Crippen LogP) is 2.04. The van der Waals surface area contributed by atoms with E-state index in [1.807, 2.05) is 0 Å². The average Bonchev–Trinajstić information content (AvgIpc) is 2.03. The van der Waals surface area contributed by atoms with Crippen LogP contribution >= 0.6 is 0 Å². The van der Waals surface area contributed by atoms with Gasteiger partial charge in [0.1, 0.15) is 0 Å². The highest BCUT2D eigenvalue weighted by atomic mass is 19.4. The summed E-state index contributed by atoms with van der Waals surface area (Å²) in [6.07, 6.45) is -0.465. The molecule has 1 nitrogen and oxygen atoms in total. The van der Waals surface area contributed by atoms with Crippen LogP contribution < -0.4 is 0 Å². The van der Waals surface area contributed by atoms with Gasteiger partial charge in [-0.1, -0.05) is 18.2 Å². The van der Waals surface area contributed by atoms with Gasteiger partial charge in [0.2, 0.25) is 0 Å². The van der Waals surface area contributed by atoms with Crippen LogP contribution in [0.5, 0.6) is 0 Å². The van der Waals surface area contributed by atoms with E-state index in [9.17, 15) is 13.2 Å². The molecule has 68 valence electrons. The first-order valence-corrected chi connectivity index (χ1v) is 3.60. The van der Waals surface area contributed by atoms with Crippen molar-refractivity contribution in [1.29, 1.82) is 0 Å². The van der Waals surface area contributed by atoms with Crippen LogP contribution in [-0.4, -0.2) is 17.9 Å². The molecule has 0 aromatic rings. The van der Waals surface area contributed by atoms with Gasteiger partial charge in [-0.25, -0.2) is 0 Å². The normalized spacial score (nSPS) is 24.0. The highest BCUT2D eigenvalue weighted by Crippen LogP contribution is 2.30. The largest absolute Gasteiger partial charge is 0.416 e. The van der Waals surface area contributed by atoms with Gasteiger partial charge in [0.25, 0.3) is 0 Å². The van der Waals surface area contributed by atoms with Gasteiger partial charge in [-0.2, -0.15) is 13.2 Å². The summed E-state index contributed by atoms with van der Waals surface area (Å²) >= 11 is 0. The fourth-order valence-corrected chi connectivity index (χ4v) is 1.01. The van der Waals surface area contributed by atoms with Crippen molar-refractivity contribution < 1.29 is 18.3 Å². The van der Waals surface area contributed by atoms with Crippen LogP contribution in [0.3, 0.4) is 0 Å². The van der Waals surface area contributed by atoms with E-state index in [1.54, 1.807) is 0 Å². The predicted molar refractivity (Wildman–Crippen MR) is 38.5 cm³/mol. The van der Waals surface area contributed by atoms with Crippen molar-refractivity contribution in [2.75, 3.05) is 6.61 Å². The van der Waals surface area contributed by atoms with Crippen molar-refractivity contribution in [2.24, 2.45) is 5.92 Å². The second kappa shape index (κ2) is 3.31. The minimum Gasteiger partial charge on any atom is -0.396 e. The second-order valence-corrected chi connectivity index (χ2v) is 2.69. The SMILES string of the molecule is OC[C@@H]1C=CC(C(F)(F)F)=CC1. The molecular weight excluding hydrogens is 169 g/mol. The molecule has 12 heavy (non-hydrogen) atoms. The zero-order valence-corrected chi connectivity index (χ0v) is 6.30. The van der Waals surface area contributed by atoms with Gasteiger partial charge in [-0.05, 0) is 6.42 Å². The Balaban J connectivity index is 2.64. The molecule has 0 heterocycles. The average molecular weight is 178 g/mol. The Morgan fingerprint density at radius 1 is 1.50 bits per heavy atom. The number of hydrogen-bond donors (Lipinski definition) is 1. The summed E-state index contributed by atoms with van der Waals surface area (Å²) in [7, 11) is 0. The lowest BCUT2D eigenvalue weighted by molar-refractivity contribution is -0.0887. The minimum absolute atomic E-state index is 0.0991. The lowest BCUT2D eigenvalue weighted by Gasteiger charge is -2.15. The summed E-state index contributed by atoms with van der Waals surface area (Å²) in [5, 5.41) is 8.62. The summed E-state index contributed by atoms with van der Waals surface area (Å²) in [6, 6.07) is 0. The highest BCUT2D eigenvalue weighted by molar-refractivity contribution is 5.27. The molecule has 0 aromatic carbocycles. The summed E-state index contributed by atoms with van der Waals surface area (Å²) in [5.74, 6) is -0.156. The van der Waals surface area contributed by atoms with E-state index in [4.69, 9.17) is 5.11 Å². The standard InChI is InChI=1S/C8H9F3O/c9-8(10,11)7-3-1-6(5-12)2-4-7/h1,3-4,6,12H,2,5H2/t6-/m1/s1. The number of aliphatic hydroxyl groups excluding tert-OH is 1. The van der Waals surface area contributed by atoms with Crippen molar-refractivity contribution in [3.63, 3.8) is 0 Å². The fraction of sp³-hybridized carbons (Fsp3) is 0.500. The molecule has 1 N–H and O–H groups in total. The summed E-state index contributed by atoms with van der Waals surface area (Å²) in [5.41, 5.74) is -0.618. The first kappa shape index (κ1) is 9.32. The Morgan fingerprint density at radius 2 is 2.17 bits per heavy atom. The third-order valence-corrected chi connectivity index (χ3v) is 1.75. The van der Waals surface area contributed by atoms with Crippen LogP contribution in [0.25, 0.3) is 0 Å². The Morgan fingerprint density at radius 3 is 2.50 bits per heavy atom. The van der Waals surface area contributed by atoms with E-state index >= 15 is 0 Å². The molecule has 0 radical (unpaired) electrons. The van der Waals surface area contributed by atoms with Crippen molar-refractivity contribution in [2.45, 2.75) is 12.6 Å². The van der Waals surface area contributed by atoms with Gasteiger partial charge in [0, 0.05) is 12.5 Å². The Labute approximate surface area is 68.2 Å². The lowest BCUT2D eigenvalue weighted by atomic mass is 9.97. The fourth-order valence-electron chi connectivity index (χ4n) is 1.01. The van der Waals surface area contributed by atoms with Gasteiger partial charge < -0.3 is 5.11 Å². The van der Waals surface area contributed by atoms with Gasteiger partial charge in [0.15, 0.2) is 0 Å². The third kappa shape index (κ3) is 2.11. The van der Waals surface area contributed by atoms with Crippen LogP contribution in [-0.2, 0) is 0 Å². The number of halogens is 3. The van der Waals surface area contributed by atoms with Gasteiger partial charge in [0.05, 0.1) is 5.57 Å². The second-order valence-electron chi connectivity index (χ2n) is 2.69. The quantitative estimate of drug-likeness (QED) is 0.651. The molecule has 0 aliphatic heterocycles. The number of aliphatic hydroxyl groups is 1. The first-order chi connectivity index (χ1) is 5.54. The van der Waals surface area contributed by atoms with Gasteiger partial charge in [-0.3, -0.25) is 0 Å². The summed E-state index contributed by atoms with van der Waals surface area (Å²) in [4.78, 5) is 0. The number of alkyl halides is 3. The van der Waals surface area contributed by atoms with Crippen LogP contribution in [0, 0.1) is 5.92 Å². The molecule has 0 amide bonds. The minimum atomic E-state index is -4.25. The van der Waals surface area contributed by atoms with E-state index in [-0.39, 0.29) is 18.9 Å². The molecular formula is C8H9F3O. The maximum atomic E-state index is 12.0. The molecule has 4 heteroatoms. The first-order valence-electron chi connectivity index (χ1n) is 3.60. The molecule has 1 aliphatic rings. The number of hydrogen-bond acceptors (Lipinski definition) is 1. The molecule has 1 atom stereocenters. The van der Waals surface area contributed by atoms with E-state index < -0.39 is 11.7 Å². The van der Waals surface area contributed by atoms with Crippen LogP contribution in [0.4, 0.5) is 13.2 Å². The van der Waals surface area contributed by atoms with Crippen molar-refractivity contribution in [3.8, 4) is 0 Å². The zero-order valence-electron chi connectivity index (χ0n) is 6.30. The lowest BCUT2D eigenvalue weighted by Crippen LogP contribution is -2.14. The molecule has 0 fully saturated rings. The van der Waals surface area contributed by atoms with Gasteiger partial charge >= 0.3 is 6.18 Å². The molecule has 0 saturated carbocycles. The van der Waals surface area contributed by atoms with Crippen molar-refractivity contribution in [3.05, 3.63) is 23.8 Å². The molecule has 0 aromatic heterocycles. The Hall–Kier alpha value is -0.770. The maximum Gasteiger partial charge on any atom is 0.416 e. The Kier molecular flexibility index (Phi) is 2.57. The molecule has 1 aliphatic carbocycles. The van der Waals surface area contributed by atoms with Crippen LogP contribution in [0.1, 0.15) is 6.42 Å². The van der Waals surface area contributed by atoms with Gasteiger partial charge in [-0.15, -0.1) is 0 Å². The third-order valence-electron chi connectivity index (χ3n) is 1.75. The molecule has 0 bridgehead atoms. The molecule has 1 rings (SSSR count). The van der Waals surface area contributed by atoms with Crippen molar-refractivity contribution in [1.82, 2.24) is 0 Å². The molecule has 0 spiro atoms. The van der Waals surface area contributed by atoms with Crippen molar-refractivity contribution >= 4 is 0 Å². The molecule has 0 saturated heterocycles. The topological polar surface area (TPSA) is 20.2 Å². The Bertz CT molecular complexity index is 215. The van der Waals surface area contributed by atoms with E-state index in [0.717, 1.165) is 12.2 Å².